The molecular formula is C15H21N3O2S. The summed E-state index contributed by atoms with van der Waals surface area (Å²) in [7, 11) is 3.60. The molecule has 2 aliphatic heterocycles. The molecule has 114 valence electrons. The molecule has 5 nitrogen and oxygen atoms in total. The highest BCUT2D eigenvalue weighted by Gasteiger charge is 2.51. The highest BCUT2D eigenvalue weighted by molar-refractivity contribution is 8.01. The lowest BCUT2D eigenvalue weighted by Gasteiger charge is -2.48. The summed E-state index contributed by atoms with van der Waals surface area (Å²) in [5.74, 6) is 1.01. The van der Waals surface area contributed by atoms with Crippen molar-refractivity contribution in [1.82, 2.24) is 14.8 Å². The molecule has 0 bridgehead atoms. The minimum absolute atomic E-state index is 0.110. The van der Waals surface area contributed by atoms with Crippen molar-refractivity contribution < 1.29 is 9.53 Å². The molecule has 0 saturated carbocycles. The van der Waals surface area contributed by atoms with Gasteiger partial charge in [0.2, 0.25) is 0 Å². The monoisotopic (exact) mass is 307 g/mol. The molecule has 0 N–H and O–H groups in total. The molecule has 2 amide bonds. The summed E-state index contributed by atoms with van der Waals surface area (Å²) in [6, 6.07) is 5.99. The van der Waals surface area contributed by atoms with Gasteiger partial charge in [-0.25, -0.2) is 4.79 Å². The second-order valence-electron chi connectivity index (χ2n) is 5.99. The van der Waals surface area contributed by atoms with Crippen LogP contribution < -0.4 is 0 Å². The summed E-state index contributed by atoms with van der Waals surface area (Å²) in [4.78, 5) is 19.7. The number of urea groups is 1. The fourth-order valence-corrected chi connectivity index (χ4v) is 4.44. The van der Waals surface area contributed by atoms with Crippen molar-refractivity contribution in [1.29, 1.82) is 0 Å². The van der Waals surface area contributed by atoms with E-state index in [1.165, 1.54) is 0 Å². The number of thioether (sulfide) groups is 1. The number of carbonyl (C=O) groups is 1. The first-order chi connectivity index (χ1) is 10.1. The molecule has 1 atom stereocenters. The third-order valence-corrected chi connectivity index (χ3v) is 5.55. The number of hydrogen-bond donors (Lipinski definition) is 0. The Labute approximate surface area is 129 Å². The molecular weight excluding hydrogens is 286 g/mol. The Bertz CT molecular complexity index is 503. The van der Waals surface area contributed by atoms with Crippen LogP contribution in [0.2, 0.25) is 0 Å². The Hall–Kier alpha value is -1.27. The van der Waals surface area contributed by atoms with E-state index in [0.717, 1.165) is 31.0 Å². The highest BCUT2D eigenvalue weighted by atomic mass is 32.2. The number of aromatic nitrogens is 1. The maximum absolute atomic E-state index is 11.9. The van der Waals surface area contributed by atoms with Crippen molar-refractivity contribution in [3.05, 3.63) is 30.1 Å². The molecule has 1 spiro atoms. The van der Waals surface area contributed by atoms with Gasteiger partial charge in [0.1, 0.15) is 0 Å². The normalized spacial score (nSPS) is 23.1. The van der Waals surface area contributed by atoms with Gasteiger partial charge in [-0.2, -0.15) is 0 Å². The van der Waals surface area contributed by atoms with Crippen LogP contribution in [0.3, 0.4) is 0 Å². The second kappa shape index (κ2) is 5.85. The Morgan fingerprint density at radius 2 is 2.33 bits per heavy atom. The van der Waals surface area contributed by atoms with Gasteiger partial charge in [-0.3, -0.25) is 4.98 Å². The molecule has 3 heterocycles. The zero-order valence-corrected chi connectivity index (χ0v) is 13.3. The van der Waals surface area contributed by atoms with Crippen molar-refractivity contribution in [2.45, 2.75) is 23.9 Å². The van der Waals surface area contributed by atoms with Gasteiger partial charge in [-0.1, -0.05) is 6.07 Å². The molecule has 0 unspecified atom stereocenters. The van der Waals surface area contributed by atoms with Gasteiger partial charge in [0.25, 0.3) is 0 Å². The Kier molecular flexibility index (Phi) is 4.08. The van der Waals surface area contributed by atoms with Crippen molar-refractivity contribution >= 4 is 17.8 Å². The van der Waals surface area contributed by atoms with E-state index in [2.05, 4.69) is 4.98 Å². The zero-order chi connectivity index (χ0) is 14.9. The largest absolute Gasteiger partial charge is 0.371 e. The van der Waals surface area contributed by atoms with Gasteiger partial charge in [-0.05, 0) is 18.6 Å². The minimum Gasteiger partial charge on any atom is -0.371 e. The van der Waals surface area contributed by atoms with E-state index in [4.69, 9.17) is 4.74 Å². The number of pyridine rings is 1. The molecule has 1 aromatic rings. The fourth-order valence-electron chi connectivity index (χ4n) is 2.88. The van der Waals surface area contributed by atoms with E-state index in [1.54, 1.807) is 25.2 Å². The highest BCUT2D eigenvalue weighted by Crippen LogP contribution is 2.46. The van der Waals surface area contributed by atoms with Gasteiger partial charge < -0.3 is 14.5 Å². The van der Waals surface area contributed by atoms with E-state index in [-0.39, 0.29) is 16.9 Å². The zero-order valence-electron chi connectivity index (χ0n) is 12.5. The van der Waals surface area contributed by atoms with Gasteiger partial charge in [0.15, 0.2) is 0 Å². The fraction of sp³-hybridized carbons (Fsp3) is 0.600. The summed E-state index contributed by atoms with van der Waals surface area (Å²) in [6.07, 6.45) is 3.09. The van der Waals surface area contributed by atoms with E-state index in [0.29, 0.717) is 6.61 Å². The summed E-state index contributed by atoms with van der Waals surface area (Å²) >= 11 is 1.95. The lowest BCUT2D eigenvalue weighted by atomic mass is 9.93. The summed E-state index contributed by atoms with van der Waals surface area (Å²) in [5.41, 5.74) is 0.974. The molecule has 21 heavy (non-hydrogen) atoms. The number of amides is 2. The van der Waals surface area contributed by atoms with Crippen LogP contribution in [0.15, 0.2) is 24.4 Å². The molecule has 2 aliphatic rings. The quantitative estimate of drug-likeness (QED) is 0.855. The number of hydrogen-bond acceptors (Lipinski definition) is 4. The average molecular weight is 307 g/mol. The third kappa shape index (κ3) is 3.16. The number of rotatable bonds is 3. The molecule has 0 aromatic carbocycles. The maximum atomic E-state index is 11.9. The first-order valence-corrected chi connectivity index (χ1v) is 8.18. The van der Waals surface area contributed by atoms with Crippen LogP contribution in [0.25, 0.3) is 0 Å². The van der Waals surface area contributed by atoms with E-state index in [9.17, 15) is 4.79 Å². The lowest BCUT2D eigenvalue weighted by molar-refractivity contribution is 0.0311. The number of ether oxygens (including phenoxy) is 1. The minimum atomic E-state index is 0.110. The van der Waals surface area contributed by atoms with Crippen molar-refractivity contribution in [2.75, 3.05) is 32.9 Å². The maximum Gasteiger partial charge on any atom is 0.319 e. The topological polar surface area (TPSA) is 45.7 Å². The van der Waals surface area contributed by atoms with Crippen LogP contribution in [-0.4, -0.2) is 64.6 Å². The Morgan fingerprint density at radius 1 is 1.52 bits per heavy atom. The third-order valence-electron chi connectivity index (χ3n) is 3.98. The lowest BCUT2D eigenvalue weighted by Crippen LogP contribution is -2.62. The SMILES string of the molecule is CN(C)C(=O)N1CC2(C[C@H](OCc3ccccn3)CS2)C1. The predicted molar refractivity (Wildman–Crippen MR) is 83.3 cm³/mol. The number of carbonyl (C=O) groups excluding carboxylic acids is 1. The van der Waals surface area contributed by atoms with Gasteiger partial charge in [-0.15, -0.1) is 11.8 Å². The molecule has 1 aromatic heterocycles. The van der Waals surface area contributed by atoms with Crippen LogP contribution in [0.1, 0.15) is 12.1 Å². The predicted octanol–water partition coefficient (Wildman–Crippen LogP) is 1.84. The number of likely N-dealkylation sites (tertiary alicyclic amines) is 1. The van der Waals surface area contributed by atoms with E-state index in [1.807, 2.05) is 34.9 Å². The smallest absolute Gasteiger partial charge is 0.319 e. The van der Waals surface area contributed by atoms with Crippen molar-refractivity contribution in [2.24, 2.45) is 0 Å². The van der Waals surface area contributed by atoms with Crippen LogP contribution in [0.4, 0.5) is 4.79 Å². The van der Waals surface area contributed by atoms with Crippen molar-refractivity contribution in [3.8, 4) is 0 Å². The molecule has 0 aliphatic carbocycles. The number of nitrogens with zero attached hydrogens (tertiary/aromatic N) is 3. The van der Waals surface area contributed by atoms with Crippen molar-refractivity contribution in [3.63, 3.8) is 0 Å². The Balaban J connectivity index is 1.46. The molecule has 0 radical (unpaired) electrons. The van der Waals surface area contributed by atoms with Crippen LogP contribution in [0.5, 0.6) is 0 Å². The molecule has 3 rings (SSSR count). The van der Waals surface area contributed by atoms with E-state index < -0.39 is 0 Å². The second-order valence-corrected chi connectivity index (χ2v) is 7.47. The van der Waals surface area contributed by atoms with Crippen LogP contribution >= 0.6 is 11.8 Å². The average Bonchev–Trinajstić information content (AvgIpc) is 2.88. The molecule has 2 saturated heterocycles. The Morgan fingerprint density at radius 3 is 3.00 bits per heavy atom. The van der Waals surface area contributed by atoms with Gasteiger partial charge in [0.05, 0.1) is 23.2 Å². The molecule has 6 heteroatoms. The van der Waals surface area contributed by atoms with E-state index >= 15 is 0 Å². The summed E-state index contributed by atoms with van der Waals surface area (Å²) < 4.78 is 6.19. The first-order valence-electron chi connectivity index (χ1n) is 7.20. The summed E-state index contributed by atoms with van der Waals surface area (Å²) in [6.45, 7) is 2.26. The van der Waals surface area contributed by atoms with Gasteiger partial charge in [0, 0.05) is 39.1 Å². The summed E-state index contributed by atoms with van der Waals surface area (Å²) in [5, 5.41) is 0. The van der Waals surface area contributed by atoms with Gasteiger partial charge >= 0.3 is 6.03 Å². The first kappa shape index (κ1) is 14.7. The standard InChI is InChI=1S/C15H21N3O2S/c1-17(2)14(19)18-10-15(11-18)7-13(9-21-15)20-8-12-5-3-4-6-16-12/h3-6,13H,7-11H2,1-2H3/t13-/m0/s1. The molecule has 2 fully saturated rings. The van der Waals surface area contributed by atoms with Crippen LogP contribution in [0, 0.1) is 0 Å². The van der Waals surface area contributed by atoms with Crippen LogP contribution in [-0.2, 0) is 11.3 Å².